The minimum Gasteiger partial charge on any atom is -0.481 e. The smallest absolute Gasteiger partial charge is 0.406 e. The van der Waals surface area contributed by atoms with E-state index in [0.29, 0.717) is 5.01 Å². The first-order valence-corrected chi connectivity index (χ1v) is 6.83. The first-order valence-electron chi connectivity index (χ1n) is 5.95. The van der Waals surface area contributed by atoms with Gasteiger partial charge in [0, 0.05) is 25.0 Å². The van der Waals surface area contributed by atoms with Gasteiger partial charge in [0.05, 0.1) is 0 Å². The maximum atomic E-state index is 13.0. The molecular weight excluding hydrogens is 311 g/mol. The van der Waals surface area contributed by atoms with E-state index in [1.54, 1.807) is 0 Å². The van der Waals surface area contributed by atoms with Crippen LogP contribution in [0.2, 0.25) is 0 Å². The molecule has 1 saturated heterocycles. The van der Waals surface area contributed by atoms with Crippen molar-refractivity contribution < 1.29 is 27.9 Å². The third kappa shape index (κ3) is 2.60. The molecule has 1 aromatic heterocycles. The number of alkyl halides is 3. The van der Waals surface area contributed by atoms with Gasteiger partial charge in [-0.1, -0.05) is 0 Å². The van der Waals surface area contributed by atoms with Crippen LogP contribution >= 0.6 is 11.3 Å². The zero-order chi connectivity index (χ0) is 15.8. The van der Waals surface area contributed by atoms with Crippen LogP contribution in [0.4, 0.5) is 13.2 Å². The number of carbonyl (C=O) groups is 2. The van der Waals surface area contributed by atoms with Crippen LogP contribution in [0, 0.1) is 5.41 Å². The molecule has 116 valence electrons. The van der Waals surface area contributed by atoms with Crippen molar-refractivity contribution in [3.63, 3.8) is 0 Å². The molecule has 2 rings (SSSR count). The number of carboxylic acid groups (broad SMARTS) is 1. The lowest BCUT2D eigenvalue weighted by Crippen LogP contribution is -2.47. The van der Waals surface area contributed by atoms with Crippen molar-refractivity contribution in [3.8, 4) is 0 Å². The summed E-state index contributed by atoms with van der Waals surface area (Å²) in [5, 5.41) is 10.8. The van der Waals surface area contributed by atoms with Gasteiger partial charge in [0.1, 0.15) is 10.7 Å². The lowest BCUT2D eigenvalue weighted by molar-refractivity contribution is -0.227. The van der Waals surface area contributed by atoms with E-state index >= 15 is 0 Å². The number of hydrogen-bond donors (Lipinski definition) is 2. The van der Waals surface area contributed by atoms with E-state index in [1.807, 2.05) is 0 Å². The molecule has 2 heterocycles. The number of likely N-dealkylation sites (tertiary alicyclic amines) is 1. The molecule has 21 heavy (non-hydrogen) atoms. The number of aromatic nitrogens is 1. The van der Waals surface area contributed by atoms with Crippen molar-refractivity contribution in [3.05, 3.63) is 16.1 Å². The van der Waals surface area contributed by atoms with Crippen LogP contribution in [-0.4, -0.2) is 46.1 Å². The molecule has 0 aliphatic carbocycles. The molecule has 10 heteroatoms. The lowest BCUT2D eigenvalue weighted by atomic mass is 9.86. The van der Waals surface area contributed by atoms with Gasteiger partial charge in [0.15, 0.2) is 5.41 Å². The normalized spacial score (nSPS) is 22.6. The molecule has 3 N–H and O–H groups in total. The van der Waals surface area contributed by atoms with Gasteiger partial charge in [-0.2, -0.15) is 13.2 Å². The van der Waals surface area contributed by atoms with Crippen LogP contribution < -0.4 is 5.73 Å². The highest BCUT2D eigenvalue weighted by molar-refractivity contribution is 7.09. The second kappa shape index (κ2) is 5.26. The van der Waals surface area contributed by atoms with Gasteiger partial charge in [-0.15, -0.1) is 11.3 Å². The van der Waals surface area contributed by atoms with Crippen LogP contribution in [-0.2, 0) is 11.3 Å². The van der Waals surface area contributed by atoms with Crippen LogP contribution in [0.1, 0.15) is 21.9 Å². The van der Waals surface area contributed by atoms with Gasteiger partial charge in [-0.3, -0.25) is 9.59 Å². The number of aliphatic carboxylic acids is 1. The summed E-state index contributed by atoms with van der Waals surface area (Å²) in [6.45, 7) is -1.06. The van der Waals surface area contributed by atoms with E-state index < -0.39 is 36.4 Å². The van der Waals surface area contributed by atoms with Gasteiger partial charge in [-0.25, -0.2) is 4.98 Å². The summed E-state index contributed by atoms with van der Waals surface area (Å²) in [7, 11) is 0. The summed E-state index contributed by atoms with van der Waals surface area (Å²) in [4.78, 5) is 27.9. The van der Waals surface area contributed by atoms with Crippen molar-refractivity contribution in [2.24, 2.45) is 11.1 Å². The van der Waals surface area contributed by atoms with Gasteiger partial charge >= 0.3 is 12.1 Å². The highest BCUT2D eigenvalue weighted by Crippen LogP contribution is 2.45. The first kappa shape index (κ1) is 15.7. The topological polar surface area (TPSA) is 96.5 Å². The predicted octanol–water partition coefficient (Wildman–Crippen LogP) is 1.08. The van der Waals surface area contributed by atoms with Crippen molar-refractivity contribution in [1.82, 2.24) is 9.88 Å². The minimum absolute atomic E-state index is 0.0104. The Kier molecular flexibility index (Phi) is 3.93. The molecule has 0 radical (unpaired) electrons. The van der Waals surface area contributed by atoms with Crippen molar-refractivity contribution in [2.75, 3.05) is 13.1 Å². The van der Waals surface area contributed by atoms with E-state index in [1.165, 1.54) is 5.38 Å². The van der Waals surface area contributed by atoms with E-state index in [0.717, 1.165) is 16.2 Å². The molecule has 0 saturated carbocycles. The SMILES string of the molecule is NCc1nc(C(=O)N2CCC(C(=O)O)(C(F)(F)F)C2)cs1. The molecule has 0 spiro atoms. The van der Waals surface area contributed by atoms with Gasteiger partial charge in [0.2, 0.25) is 0 Å². The first-order chi connectivity index (χ1) is 9.71. The number of rotatable bonds is 3. The molecule has 6 nitrogen and oxygen atoms in total. The lowest BCUT2D eigenvalue weighted by Gasteiger charge is -2.27. The van der Waals surface area contributed by atoms with E-state index in [-0.39, 0.29) is 18.8 Å². The van der Waals surface area contributed by atoms with Crippen molar-refractivity contribution in [2.45, 2.75) is 19.1 Å². The Morgan fingerprint density at radius 2 is 2.19 bits per heavy atom. The van der Waals surface area contributed by atoms with Crippen LogP contribution in [0.25, 0.3) is 0 Å². The highest BCUT2D eigenvalue weighted by Gasteiger charge is 2.64. The molecule has 0 bridgehead atoms. The van der Waals surface area contributed by atoms with Crippen molar-refractivity contribution >= 4 is 23.2 Å². The van der Waals surface area contributed by atoms with Gasteiger partial charge < -0.3 is 15.7 Å². The Bertz CT molecular complexity index is 575. The van der Waals surface area contributed by atoms with Gasteiger partial charge in [-0.05, 0) is 6.42 Å². The fraction of sp³-hybridized carbons (Fsp3) is 0.545. The number of carbonyl (C=O) groups excluding carboxylic acids is 1. The van der Waals surface area contributed by atoms with E-state index in [4.69, 9.17) is 10.8 Å². The summed E-state index contributed by atoms with van der Waals surface area (Å²) in [6.07, 6.45) is -5.58. The maximum absolute atomic E-state index is 13.0. The van der Waals surface area contributed by atoms with Crippen LogP contribution in [0.3, 0.4) is 0 Å². The molecule has 0 aromatic carbocycles. The molecule has 1 aliphatic heterocycles. The largest absolute Gasteiger partial charge is 0.481 e. The monoisotopic (exact) mass is 323 g/mol. The summed E-state index contributed by atoms with van der Waals surface area (Å²) >= 11 is 1.13. The fourth-order valence-corrected chi connectivity index (χ4v) is 2.82. The molecular formula is C11H12F3N3O3S. The minimum atomic E-state index is -4.92. The Morgan fingerprint density at radius 3 is 2.62 bits per heavy atom. The molecule has 1 atom stereocenters. The molecule has 1 amide bonds. The van der Waals surface area contributed by atoms with Gasteiger partial charge in [0.25, 0.3) is 5.91 Å². The second-order valence-electron chi connectivity index (χ2n) is 4.69. The molecule has 1 unspecified atom stereocenters. The van der Waals surface area contributed by atoms with E-state index in [9.17, 15) is 22.8 Å². The fourth-order valence-electron chi connectivity index (χ4n) is 2.18. The van der Waals surface area contributed by atoms with Crippen molar-refractivity contribution in [1.29, 1.82) is 0 Å². The number of hydrogen-bond acceptors (Lipinski definition) is 5. The predicted molar refractivity (Wildman–Crippen MR) is 66.6 cm³/mol. The highest BCUT2D eigenvalue weighted by atomic mass is 32.1. The third-order valence-corrected chi connectivity index (χ3v) is 4.33. The number of nitrogens with zero attached hydrogens (tertiary/aromatic N) is 2. The summed E-state index contributed by atoms with van der Waals surface area (Å²) < 4.78 is 39.0. The average molecular weight is 323 g/mol. The summed E-state index contributed by atoms with van der Waals surface area (Å²) in [6, 6.07) is 0. The number of thiazole rings is 1. The average Bonchev–Trinajstić information content (AvgIpc) is 3.04. The number of nitrogens with two attached hydrogens (primary N) is 1. The second-order valence-corrected chi connectivity index (χ2v) is 5.63. The Labute approximate surface area is 121 Å². The Balaban J connectivity index is 2.21. The van der Waals surface area contributed by atoms with Crippen LogP contribution in [0.5, 0.6) is 0 Å². The molecule has 1 fully saturated rings. The Morgan fingerprint density at radius 1 is 1.52 bits per heavy atom. The Hall–Kier alpha value is -1.68. The zero-order valence-corrected chi connectivity index (χ0v) is 11.5. The number of carboxylic acids is 1. The number of halogens is 3. The summed E-state index contributed by atoms with van der Waals surface area (Å²) in [5.41, 5.74) is 2.44. The van der Waals surface area contributed by atoms with Crippen LogP contribution in [0.15, 0.2) is 5.38 Å². The zero-order valence-electron chi connectivity index (χ0n) is 10.7. The standard InChI is InChI=1S/C11H12F3N3O3S/c12-11(13,14)10(9(19)20)1-2-17(5-10)8(18)6-4-21-7(3-15)16-6/h4H,1-3,5,15H2,(H,19,20). The quantitative estimate of drug-likeness (QED) is 0.868. The third-order valence-electron chi connectivity index (χ3n) is 3.45. The maximum Gasteiger partial charge on any atom is 0.406 e. The van der Waals surface area contributed by atoms with E-state index in [2.05, 4.69) is 4.98 Å². The summed E-state index contributed by atoms with van der Waals surface area (Å²) in [5.74, 6) is -2.68. The molecule has 1 aromatic rings. The molecule has 1 aliphatic rings. The number of amides is 1.